The molecule has 0 saturated carbocycles. The number of carbonyl (C=O) groups excluding carboxylic acids is 3. The van der Waals surface area contributed by atoms with Gasteiger partial charge in [0.1, 0.15) is 0 Å². The van der Waals surface area contributed by atoms with Crippen molar-refractivity contribution in [3.8, 4) is 0 Å². The standard InChI is InChI=1S/C20H26N2O7S/c1-5-28-18(23)17(19(24)29-6-2)15-11-16(13(4)21-20(25)22-15)30(26,27)14-9-7-12(3)8-10-14/h7-10,15,17H,5-6,11H2,1-4H3,(H2,21,22,25). The minimum Gasteiger partial charge on any atom is -0.465 e. The van der Waals surface area contributed by atoms with Crippen LogP contribution >= 0.6 is 0 Å². The first-order valence-corrected chi connectivity index (χ1v) is 11.0. The van der Waals surface area contributed by atoms with E-state index in [1.807, 2.05) is 6.92 Å². The predicted octanol–water partition coefficient (Wildman–Crippen LogP) is 1.81. The summed E-state index contributed by atoms with van der Waals surface area (Å²) in [7, 11) is -4.00. The van der Waals surface area contributed by atoms with Gasteiger partial charge >= 0.3 is 18.0 Å². The second-order valence-electron chi connectivity index (χ2n) is 6.76. The Morgan fingerprint density at radius 3 is 2.10 bits per heavy atom. The van der Waals surface area contributed by atoms with E-state index in [0.29, 0.717) is 0 Å². The summed E-state index contributed by atoms with van der Waals surface area (Å²) < 4.78 is 36.5. The van der Waals surface area contributed by atoms with E-state index in [-0.39, 0.29) is 35.1 Å². The van der Waals surface area contributed by atoms with Crippen LogP contribution in [0.3, 0.4) is 0 Å². The van der Waals surface area contributed by atoms with Crippen LogP contribution in [0, 0.1) is 12.8 Å². The van der Waals surface area contributed by atoms with Crippen LogP contribution in [0.15, 0.2) is 39.8 Å². The van der Waals surface area contributed by atoms with Crippen molar-refractivity contribution in [2.45, 2.75) is 45.1 Å². The molecule has 0 radical (unpaired) electrons. The molecular formula is C20H26N2O7S. The van der Waals surface area contributed by atoms with E-state index in [1.165, 1.54) is 19.1 Å². The van der Waals surface area contributed by atoms with Crippen LogP contribution < -0.4 is 10.6 Å². The lowest BCUT2D eigenvalue weighted by molar-refractivity contribution is -0.162. The van der Waals surface area contributed by atoms with Gasteiger partial charge in [0.2, 0.25) is 9.84 Å². The Morgan fingerprint density at radius 1 is 1.07 bits per heavy atom. The fraction of sp³-hybridized carbons (Fsp3) is 0.450. The van der Waals surface area contributed by atoms with Gasteiger partial charge in [-0.3, -0.25) is 9.59 Å². The van der Waals surface area contributed by atoms with Gasteiger partial charge in [-0.05, 0) is 39.8 Å². The van der Waals surface area contributed by atoms with Crippen molar-refractivity contribution >= 4 is 27.8 Å². The number of rotatable bonds is 7. The average Bonchev–Trinajstić information content (AvgIpc) is 2.80. The Bertz CT molecular complexity index is 934. The largest absolute Gasteiger partial charge is 0.465 e. The molecule has 164 valence electrons. The highest BCUT2D eigenvalue weighted by Gasteiger charge is 2.42. The lowest BCUT2D eigenvalue weighted by Crippen LogP contribution is -2.49. The third-order valence-corrected chi connectivity index (χ3v) is 6.59. The van der Waals surface area contributed by atoms with Gasteiger partial charge < -0.3 is 20.1 Å². The molecule has 0 saturated heterocycles. The van der Waals surface area contributed by atoms with Crippen molar-refractivity contribution in [3.63, 3.8) is 0 Å². The number of carbonyl (C=O) groups is 3. The topological polar surface area (TPSA) is 128 Å². The molecule has 1 heterocycles. The number of ether oxygens (including phenoxy) is 2. The number of benzene rings is 1. The smallest absolute Gasteiger partial charge is 0.322 e. The third kappa shape index (κ3) is 5.18. The van der Waals surface area contributed by atoms with Crippen LogP contribution in [-0.4, -0.2) is 45.6 Å². The minimum absolute atomic E-state index is 0.0110. The number of allylic oxidation sites excluding steroid dienone is 1. The van der Waals surface area contributed by atoms with E-state index >= 15 is 0 Å². The zero-order chi connectivity index (χ0) is 22.5. The fourth-order valence-corrected chi connectivity index (χ4v) is 4.74. The van der Waals surface area contributed by atoms with E-state index in [1.54, 1.807) is 26.0 Å². The number of urea groups is 1. The Balaban J connectivity index is 2.50. The second-order valence-corrected chi connectivity index (χ2v) is 8.73. The number of amides is 2. The number of nitrogens with one attached hydrogen (secondary N) is 2. The third-order valence-electron chi connectivity index (χ3n) is 4.58. The summed E-state index contributed by atoms with van der Waals surface area (Å²) in [6, 6.07) is 4.35. The van der Waals surface area contributed by atoms with Crippen LogP contribution in [0.2, 0.25) is 0 Å². The van der Waals surface area contributed by atoms with Crippen molar-refractivity contribution in [3.05, 3.63) is 40.4 Å². The number of hydrogen-bond donors (Lipinski definition) is 2. The van der Waals surface area contributed by atoms with Crippen molar-refractivity contribution in [1.82, 2.24) is 10.6 Å². The zero-order valence-corrected chi connectivity index (χ0v) is 18.2. The average molecular weight is 439 g/mol. The molecule has 1 aliphatic rings. The Morgan fingerprint density at radius 2 is 1.60 bits per heavy atom. The summed E-state index contributed by atoms with van der Waals surface area (Å²) in [6.07, 6.45) is -0.289. The monoisotopic (exact) mass is 438 g/mol. The molecule has 0 spiro atoms. The van der Waals surface area contributed by atoms with E-state index < -0.39 is 39.8 Å². The minimum atomic E-state index is -4.00. The predicted molar refractivity (Wildman–Crippen MR) is 108 cm³/mol. The van der Waals surface area contributed by atoms with Crippen molar-refractivity contribution in [2.24, 2.45) is 5.92 Å². The molecule has 0 aromatic heterocycles. The first-order chi connectivity index (χ1) is 14.1. The summed E-state index contributed by atoms with van der Waals surface area (Å²) >= 11 is 0. The molecule has 0 bridgehead atoms. The van der Waals surface area contributed by atoms with Gasteiger partial charge in [-0.1, -0.05) is 17.7 Å². The molecule has 1 aromatic rings. The van der Waals surface area contributed by atoms with Gasteiger partial charge in [0.05, 0.1) is 29.1 Å². The quantitative estimate of drug-likeness (QED) is 0.491. The molecule has 30 heavy (non-hydrogen) atoms. The first-order valence-electron chi connectivity index (χ1n) is 9.54. The normalized spacial score (nSPS) is 17.1. The maximum Gasteiger partial charge on any atom is 0.322 e. The highest BCUT2D eigenvalue weighted by molar-refractivity contribution is 7.95. The summed E-state index contributed by atoms with van der Waals surface area (Å²) in [5.41, 5.74) is 1.00. The van der Waals surface area contributed by atoms with Gasteiger partial charge in [0, 0.05) is 12.1 Å². The molecule has 1 aliphatic heterocycles. The highest BCUT2D eigenvalue weighted by Crippen LogP contribution is 2.29. The van der Waals surface area contributed by atoms with Crippen molar-refractivity contribution in [2.75, 3.05) is 13.2 Å². The van der Waals surface area contributed by atoms with Gasteiger partial charge in [0.25, 0.3) is 0 Å². The summed E-state index contributed by atoms with van der Waals surface area (Å²) in [5.74, 6) is -3.30. The van der Waals surface area contributed by atoms with Crippen LogP contribution in [0.4, 0.5) is 4.79 Å². The van der Waals surface area contributed by atoms with Crippen LogP contribution in [0.5, 0.6) is 0 Å². The lowest BCUT2D eigenvalue weighted by atomic mass is 9.96. The fourth-order valence-electron chi connectivity index (χ4n) is 3.11. The van der Waals surface area contributed by atoms with Gasteiger partial charge in [-0.15, -0.1) is 0 Å². The number of sulfone groups is 1. The Labute approximate surface area is 175 Å². The molecule has 2 rings (SSSR count). The molecule has 1 unspecified atom stereocenters. The molecule has 1 aromatic carbocycles. The van der Waals surface area contributed by atoms with Crippen LogP contribution in [0.25, 0.3) is 0 Å². The van der Waals surface area contributed by atoms with E-state index in [9.17, 15) is 22.8 Å². The summed E-state index contributed by atoms with van der Waals surface area (Å²) in [6.45, 7) is 6.45. The summed E-state index contributed by atoms with van der Waals surface area (Å²) in [4.78, 5) is 37.1. The Kier molecular flexibility index (Phi) is 7.60. The molecule has 0 aliphatic carbocycles. The van der Waals surface area contributed by atoms with Crippen molar-refractivity contribution in [1.29, 1.82) is 0 Å². The lowest BCUT2D eigenvalue weighted by Gasteiger charge is -2.24. The maximum absolute atomic E-state index is 13.3. The van der Waals surface area contributed by atoms with Crippen LogP contribution in [-0.2, 0) is 28.9 Å². The van der Waals surface area contributed by atoms with Crippen molar-refractivity contribution < 1.29 is 32.3 Å². The number of aryl methyl sites for hydroxylation is 1. The van der Waals surface area contributed by atoms with Gasteiger partial charge in [-0.25, -0.2) is 13.2 Å². The van der Waals surface area contributed by atoms with Gasteiger partial charge in [0.15, 0.2) is 5.92 Å². The summed E-state index contributed by atoms with van der Waals surface area (Å²) in [5, 5.41) is 4.94. The van der Waals surface area contributed by atoms with Gasteiger partial charge in [-0.2, -0.15) is 0 Å². The van der Waals surface area contributed by atoms with Crippen LogP contribution in [0.1, 0.15) is 32.8 Å². The maximum atomic E-state index is 13.3. The molecule has 9 nitrogen and oxygen atoms in total. The highest BCUT2D eigenvalue weighted by atomic mass is 32.2. The van der Waals surface area contributed by atoms with E-state index in [4.69, 9.17) is 9.47 Å². The molecule has 2 N–H and O–H groups in total. The molecular weight excluding hydrogens is 412 g/mol. The van der Waals surface area contributed by atoms with E-state index in [2.05, 4.69) is 10.6 Å². The second kappa shape index (κ2) is 9.75. The van der Waals surface area contributed by atoms with E-state index in [0.717, 1.165) is 5.56 Å². The first kappa shape index (κ1) is 23.4. The molecule has 1 atom stereocenters. The molecule has 10 heteroatoms. The Hall–Kier alpha value is -2.88. The molecule has 2 amide bonds. The SMILES string of the molecule is CCOC(=O)C(C(=O)OCC)C1CC(S(=O)(=O)c2ccc(C)cc2)=C(C)NC(=O)N1. The molecule has 0 fully saturated rings. The zero-order valence-electron chi connectivity index (χ0n) is 17.4. The number of hydrogen-bond acceptors (Lipinski definition) is 7. The number of esters is 2.